The number of amides is 2. The molecule has 0 aromatic rings. The molecule has 8 heteroatoms. The highest BCUT2D eigenvalue weighted by Crippen LogP contribution is 2.12. The Bertz CT molecular complexity index is 384. The Morgan fingerprint density at radius 3 is 2.43 bits per heavy atom. The number of carbonyl (C=O) groups is 2. The number of carboxylic acids is 1. The minimum atomic E-state index is -0.839. The van der Waals surface area contributed by atoms with Gasteiger partial charge in [-0.15, -0.1) is 0 Å². The summed E-state index contributed by atoms with van der Waals surface area (Å²) in [5, 5.41) is 18.1. The molecule has 2 atom stereocenters. The van der Waals surface area contributed by atoms with Crippen molar-refractivity contribution in [2.75, 3.05) is 52.5 Å². The van der Waals surface area contributed by atoms with Crippen LogP contribution in [-0.2, 0) is 9.53 Å². The third kappa shape index (κ3) is 3.84. The Kier molecular flexibility index (Phi) is 5.38. The van der Waals surface area contributed by atoms with Crippen molar-refractivity contribution >= 4 is 12.0 Å². The standard InChI is InChI=1S/C13H23N3O5/c1-10(12(18)19)14-2-4-15(5-3-14)13(20)16-6-7-21-11(8-16)9-17/h10-11,17H,2-9H2,1H3,(H,18,19). The van der Waals surface area contributed by atoms with Crippen molar-refractivity contribution in [2.24, 2.45) is 0 Å². The highest BCUT2D eigenvalue weighted by molar-refractivity contribution is 5.75. The first-order valence-electron chi connectivity index (χ1n) is 7.26. The van der Waals surface area contributed by atoms with Crippen molar-refractivity contribution in [3.8, 4) is 0 Å². The lowest BCUT2D eigenvalue weighted by Crippen LogP contribution is -2.58. The van der Waals surface area contributed by atoms with E-state index in [2.05, 4.69) is 0 Å². The largest absolute Gasteiger partial charge is 0.480 e. The van der Waals surface area contributed by atoms with Crippen molar-refractivity contribution in [3.05, 3.63) is 0 Å². The summed E-state index contributed by atoms with van der Waals surface area (Å²) in [6.07, 6.45) is -0.309. The molecule has 21 heavy (non-hydrogen) atoms. The summed E-state index contributed by atoms with van der Waals surface area (Å²) in [6, 6.07) is -0.580. The first-order valence-corrected chi connectivity index (χ1v) is 7.26. The summed E-state index contributed by atoms with van der Waals surface area (Å²) in [5.74, 6) is -0.839. The minimum absolute atomic E-state index is 0.0561. The second-order valence-corrected chi connectivity index (χ2v) is 5.44. The van der Waals surface area contributed by atoms with E-state index in [4.69, 9.17) is 14.9 Å². The number of morpholine rings is 1. The maximum atomic E-state index is 12.4. The smallest absolute Gasteiger partial charge is 0.320 e. The zero-order chi connectivity index (χ0) is 15.4. The van der Waals surface area contributed by atoms with Crippen LogP contribution in [0.1, 0.15) is 6.92 Å². The summed E-state index contributed by atoms with van der Waals surface area (Å²) in [5.41, 5.74) is 0. The van der Waals surface area contributed by atoms with Gasteiger partial charge in [0.2, 0.25) is 0 Å². The molecule has 0 saturated carbocycles. The molecular weight excluding hydrogens is 278 g/mol. The summed E-state index contributed by atoms with van der Waals surface area (Å²) in [7, 11) is 0. The van der Waals surface area contributed by atoms with Gasteiger partial charge >= 0.3 is 12.0 Å². The van der Waals surface area contributed by atoms with Crippen LogP contribution in [0, 0.1) is 0 Å². The number of rotatable bonds is 3. The SMILES string of the molecule is CC(C(=O)O)N1CCN(C(=O)N2CCOC(CO)C2)CC1. The average molecular weight is 301 g/mol. The Labute approximate surface area is 123 Å². The number of nitrogens with zero attached hydrogens (tertiary/aromatic N) is 3. The molecule has 0 bridgehead atoms. The summed E-state index contributed by atoms with van der Waals surface area (Å²) >= 11 is 0. The summed E-state index contributed by atoms with van der Waals surface area (Å²) < 4.78 is 5.33. The van der Waals surface area contributed by atoms with E-state index in [0.717, 1.165) is 0 Å². The molecule has 8 nitrogen and oxygen atoms in total. The molecule has 2 unspecified atom stereocenters. The van der Waals surface area contributed by atoms with E-state index >= 15 is 0 Å². The van der Waals surface area contributed by atoms with Crippen LogP contribution in [-0.4, -0.2) is 102 Å². The highest BCUT2D eigenvalue weighted by Gasteiger charge is 2.31. The lowest BCUT2D eigenvalue weighted by atomic mass is 10.2. The number of hydrogen-bond donors (Lipinski definition) is 2. The number of aliphatic hydroxyl groups excluding tert-OH is 1. The molecule has 2 amide bonds. The van der Waals surface area contributed by atoms with E-state index in [1.165, 1.54) is 0 Å². The number of hydrogen-bond acceptors (Lipinski definition) is 5. The van der Waals surface area contributed by atoms with Gasteiger partial charge in [-0.2, -0.15) is 0 Å². The highest BCUT2D eigenvalue weighted by atomic mass is 16.5. The Hall–Kier alpha value is -1.38. The molecule has 0 aromatic heterocycles. The zero-order valence-electron chi connectivity index (χ0n) is 12.3. The molecule has 2 aliphatic rings. The second-order valence-electron chi connectivity index (χ2n) is 5.44. The molecule has 0 aliphatic carbocycles. The van der Waals surface area contributed by atoms with Gasteiger partial charge in [0.25, 0.3) is 0 Å². The third-order valence-electron chi connectivity index (χ3n) is 4.10. The number of aliphatic carboxylic acids is 1. The van der Waals surface area contributed by atoms with E-state index in [1.807, 2.05) is 4.90 Å². The number of ether oxygens (including phenoxy) is 1. The van der Waals surface area contributed by atoms with Crippen LogP contribution in [0.4, 0.5) is 4.79 Å². The topological polar surface area (TPSA) is 93.6 Å². The number of carboxylic acid groups (broad SMARTS) is 1. The van der Waals surface area contributed by atoms with E-state index in [0.29, 0.717) is 45.9 Å². The fourth-order valence-electron chi connectivity index (χ4n) is 2.66. The molecule has 2 saturated heterocycles. The molecule has 120 valence electrons. The van der Waals surface area contributed by atoms with Crippen molar-refractivity contribution < 1.29 is 24.5 Å². The molecule has 0 radical (unpaired) electrons. The molecule has 2 rings (SSSR count). The van der Waals surface area contributed by atoms with E-state index < -0.39 is 12.0 Å². The maximum absolute atomic E-state index is 12.4. The van der Waals surface area contributed by atoms with Crippen molar-refractivity contribution in [1.29, 1.82) is 0 Å². The lowest BCUT2D eigenvalue weighted by molar-refractivity contribution is -0.143. The quantitative estimate of drug-likeness (QED) is 0.686. The number of urea groups is 1. The van der Waals surface area contributed by atoms with E-state index in [-0.39, 0.29) is 18.7 Å². The van der Waals surface area contributed by atoms with E-state index in [1.54, 1.807) is 16.7 Å². The molecule has 0 aromatic carbocycles. The van der Waals surface area contributed by atoms with Crippen LogP contribution >= 0.6 is 0 Å². The summed E-state index contributed by atoms with van der Waals surface area (Å²) in [4.78, 5) is 28.7. The number of carbonyl (C=O) groups excluding carboxylic acids is 1. The van der Waals surface area contributed by atoms with E-state index in [9.17, 15) is 9.59 Å². The number of aliphatic hydroxyl groups is 1. The second kappa shape index (κ2) is 7.06. The van der Waals surface area contributed by atoms with Gasteiger partial charge in [0.1, 0.15) is 6.04 Å². The van der Waals surface area contributed by atoms with Crippen LogP contribution in [0.25, 0.3) is 0 Å². The van der Waals surface area contributed by atoms with Gasteiger partial charge in [-0.1, -0.05) is 0 Å². The fraction of sp³-hybridized carbons (Fsp3) is 0.846. The maximum Gasteiger partial charge on any atom is 0.320 e. The molecule has 0 spiro atoms. The van der Waals surface area contributed by atoms with Gasteiger partial charge in [-0.3, -0.25) is 9.69 Å². The molecular formula is C13H23N3O5. The predicted octanol–water partition coefficient (Wildman–Crippen LogP) is -1.11. The van der Waals surface area contributed by atoms with Gasteiger partial charge in [0.05, 0.1) is 25.9 Å². The lowest BCUT2D eigenvalue weighted by Gasteiger charge is -2.40. The van der Waals surface area contributed by atoms with Crippen LogP contribution in [0.2, 0.25) is 0 Å². The van der Waals surface area contributed by atoms with Crippen LogP contribution in [0.5, 0.6) is 0 Å². The van der Waals surface area contributed by atoms with Crippen molar-refractivity contribution in [2.45, 2.75) is 19.1 Å². The molecule has 2 N–H and O–H groups in total. The average Bonchev–Trinajstić information content (AvgIpc) is 2.53. The first kappa shape index (κ1) is 16.0. The third-order valence-corrected chi connectivity index (χ3v) is 4.10. The first-order chi connectivity index (χ1) is 10.0. The normalized spacial score (nSPS) is 25.7. The predicted molar refractivity (Wildman–Crippen MR) is 74.0 cm³/mol. The van der Waals surface area contributed by atoms with Crippen LogP contribution in [0.15, 0.2) is 0 Å². The monoisotopic (exact) mass is 301 g/mol. The minimum Gasteiger partial charge on any atom is -0.480 e. The molecule has 2 heterocycles. The number of piperazine rings is 1. The molecule has 2 fully saturated rings. The van der Waals surface area contributed by atoms with Crippen LogP contribution < -0.4 is 0 Å². The Morgan fingerprint density at radius 2 is 1.86 bits per heavy atom. The van der Waals surface area contributed by atoms with Gasteiger partial charge < -0.3 is 24.7 Å². The van der Waals surface area contributed by atoms with Gasteiger partial charge in [-0.25, -0.2) is 4.79 Å². The Morgan fingerprint density at radius 1 is 1.19 bits per heavy atom. The van der Waals surface area contributed by atoms with Gasteiger partial charge in [-0.05, 0) is 6.92 Å². The van der Waals surface area contributed by atoms with Crippen LogP contribution in [0.3, 0.4) is 0 Å². The van der Waals surface area contributed by atoms with Gasteiger partial charge in [0, 0.05) is 32.7 Å². The van der Waals surface area contributed by atoms with Crippen molar-refractivity contribution in [3.63, 3.8) is 0 Å². The zero-order valence-corrected chi connectivity index (χ0v) is 12.3. The van der Waals surface area contributed by atoms with Crippen molar-refractivity contribution in [1.82, 2.24) is 14.7 Å². The molecule has 2 aliphatic heterocycles. The summed E-state index contributed by atoms with van der Waals surface area (Å²) in [6.45, 7) is 5.12. The fourth-order valence-corrected chi connectivity index (χ4v) is 2.66. The Balaban J connectivity index is 1.84. The van der Waals surface area contributed by atoms with Gasteiger partial charge in [0.15, 0.2) is 0 Å².